The molecule has 7 nitrogen and oxygen atoms in total. The molecule has 7 heteroatoms. The van der Waals surface area contributed by atoms with Crippen LogP contribution in [0.25, 0.3) is 22.5 Å². The summed E-state index contributed by atoms with van der Waals surface area (Å²) in [4.78, 5) is 4.34. The van der Waals surface area contributed by atoms with Gasteiger partial charge in [-0.05, 0) is 30.3 Å². The molecule has 27 heavy (non-hydrogen) atoms. The minimum absolute atomic E-state index is 0.0326. The van der Waals surface area contributed by atoms with Crippen LogP contribution >= 0.6 is 0 Å². The molecule has 2 aromatic heterocycles. The molecule has 0 aliphatic heterocycles. The molecule has 0 amide bonds. The third-order valence-corrected chi connectivity index (χ3v) is 4.30. The molecule has 0 aliphatic carbocycles. The van der Waals surface area contributed by atoms with Gasteiger partial charge in [0.15, 0.2) is 11.5 Å². The maximum Gasteiger partial charge on any atom is 0.161 e. The molecule has 0 bridgehead atoms. The third kappa shape index (κ3) is 3.42. The van der Waals surface area contributed by atoms with E-state index >= 15 is 0 Å². The van der Waals surface area contributed by atoms with Gasteiger partial charge >= 0.3 is 0 Å². The van der Waals surface area contributed by atoms with Crippen LogP contribution in [0.3, 0.4) is 0 Å². The lowest BCUT2D eigenvalue weighted by atomic mass is 9.91. The molecule has 138 valence electrons. The highest BCUT2D eigenvalue weighted by atomic mass is 16.5. The first-order chi connectivity index (χ1) is 12.7. The van der Waals surface area contributed by atoms with Gasteiger partial charge in [-0.15, -0.1) is 0 Å². The number of nitriles is 1. The number of aromatic hydroxyl groups is 1. The number of ether oxygens (including phenoxy) is 1. The number of H-pyrrole nitrogens is 1. The van der Waals surface area contributed by atoms with E-state index in [1.54, 1.807) is 18.2 Å². The van der Waals surface area contributed by atoms with Crippen molar-refractivity contribution in [2.75, 3.05) is 12.8 Å². The zero-order valence-electron chi connectivity index (χ0n) is 15.7. The van der Waals surface area contributed by atoms with Crippen LogP contribution in [-0.4, -0.2) is 27.4 Å². The fraction of sp³-hybridized carbons (Fsp3) is 0.250. The molecule has 3 rings (SSSR count). The first-order valence-corrected chi connectivity index (χ1v) is 8.39. The summed E-state index contributed by atoms with van der Waals surface area (Å²) in [6, 6.07) is 10.7. The molecule has 0 saturated heterocycles. The summed E-state index contributed by atoms with van der Waals surface area (Å²) in [6.07, 6.45) is 0. The number of phenolic OH excluding ortho intramolecular Hbond substituents is 1. The van der Waals surface area contributed by atoms with Crippen LogP contribution in [-0.2, 0) is 5.41 Å². The number of nitrogens with two attached hydrogens (primary N) is 1. The minimum atomic E-state index is -0.107. The first-order valence-electron chi connectivity index (χ1n) is 8.39. The lowest BCUT2D eigenvalue weighted by Crippen LogP contribution is -2.11. The average molecular weight is 363 g/mol. The van der Waals surface area contributed by atoms with Gasteiger partial charge in [0.1, 0.15) is 17.5 Å². The number of hydrogen-bond donors (Lipinski definition) is 3. The highest BCUT2D eigenvalue weighted by Crippen LogP contribution is 2.35. The SMILES string of the molecule is COc1cc(-c2cc(-c3cc(C(C)(C)C)[nH]n3)c(C#N)c(N)n2)ccc1O. The molecule has 0 unspecified atom stereocenters. The Bertz CT molecular complexity index is 1040. The number of nitrogens with zero attached hydrogens (tertiary/aromatic N) is 3. The van der Waals surface area contributed by atoms with Gasteiger partial charge in [-0.25, -0.2) is 4.98 Å². The number of nitrogens with one attached hydrogen (secondary N) is 1. The van der Waals surface area contributed by atoms with Crippen molar-refractivity contribution in [3.63, 3.8) is 0 Å². The van der Waals surface area contributed by atoms with Crippen molar-refractivity contribution in [2.24, 2.45) is 0 Å². The minimum Gasteiger partial charge on any atom is -0.504 e. The summed E-state index contributed by atoms with van der Waals surface area (Å²) in [5, 5.41) is 26.7. The van der Waals surface area contributed by atoms with E-state index in [0.717, 1.165) is 5.69 Å². The van der Waals surface area contributed by atoms with E-state index in [1.165, 1.54) is 13.2 Å². The largest absolute Gasteiger partial charge is 0.504 e. The number of nitrogen functional groups attached to an aromatic ring is 1. The van der Waals surface area contributed by atoms with Crippen molar-refractivity contribution >= 4 is 5.82 Å². The Morgan fingerprint density at radius 2 is 1.93 bits per heavy atom. The van der Waals surface area contributed by atoms with E-state index in [4.69, 9.17) is 10.5 Å². The topological polar surface area (TPSA) is 121 Å². The molecule has 3 aromatic rings. The Morgan fingerprint density at radius 3 is 2.52 bits per heavy atom. The zero-order chi connectivity index (χ0) is 19.8. The predicted octanol–water partition coefficient (Wildman–Crippen LogP) is 3.60. The third-order valence-electron chi connectivity index (χ3n) is 4.30. The summed E-state index contributed by atoms with van der Waals surface area (Å²) in [5.74, 6) is 0.483. The van der Waals surface area contributed by atoms with Gasteiger partial charge in [-0.3, -0.25) is 5.10 Å². The first kappa shape index (κ1) is 18.3. The maximum atomic E-state index is 9.80. The number of methoxy groups -OCH3 is 1. The van der Waals surface area contributed by atoms with Crippen LogP contribution in [0.4, 0.5) is 5.82 Å². The molecule has 2 heterocycles. The van der Waals surface area contributed by atoms with Crippen LogP contribution in [0.1, 0.15) is 32.0 Å². The summed E-state index contributed by atoms with van der Waals surface area (Å²) in [7, 11) is 1.47. The zero-order valence-corrected chi connectivity index (χ0v) is 15.7. The molecular formula is C20H21N5O2. The second-order valence-electron chi connectivity index (χ2n) is 7.23. The molecule has 0 aliphatic rings. The quantitative estimate of drug-likeness (QED) is 0.654. The molecular weight excluding hydrogens is 342 g/mol. The van der Waals surface area contributed by atoms with E-state index in [-0.39, 0.29) is 22.5 Å². The smallest absolute Gasteiger partial charge is 0.161 e. The Morgan fingerprint density at radius 1 is 1.19 bits per heavy atom. The van der Waals surface area contributed by atoms with Crippen LogP contribution in [0.5, 0.6) is 11.5 Å². The Balaban J connectivity index is 2.18. The lowest BCUT2D eigenvalue weighted by Gasteiger charge is -2.14. The number of phenols is 1. The van der Waals surface area contributed by atoms with Crippen LogP contribution in [0.2, 0.25) is 0 Å². The van der Waals surface area contributed by atoms with Crippen molar-refractivity contribution in [1.29, 1.82) is 5.26 Å². The van der Waals surface area contributed by atoms with Crippen LogP contribution in [0, 0.1) is 11.3 Å². The van der Waals surface area contributed by atoms with Gasteiger partial charge in [0.05, 0.1) is 18.5 Å². The van der Waals surface area contributed by atoms with E-state index in [2.05, 4.69) is 42.0 Å². The van der Waals surface area contributed by atoms with Crippen molar-refractivity contribution in [3.8, 4) is 40.1 Å². The van der Waals surface area contributed by atoms with E-state index < -0.39 is 0 Å². The van der Waals surface area contributed by atoms with E-state index in [0.29, 0.717) is 28.3 Å². The van der Waals surface area contributed by atoms with Gasteiger partial charge in [-0.1, -0.05) is 20.8 Å². The predicted molar refractivity (Wildman–Crippen MR) is 103 cm³/mol. The number of rotatable bonds is 3. The standard InChI is InChI=1S/C20H21N5O2/c1-20(2,3)18-9-15(24-25-18)12-8-14(23-19(22)13(12)10-21)11-5-6-16(26)17(7-11)27-4/h5-9,26H,1-4H3,(H2,22,23)(H,24,25). The van der Waals surface area contributed by atoms with Crippen molar-refractivity contribution in [2.45, 2.75) is 26.2 Å². The average Bonchev–Trinajstić information content (AvgIpc) is 3.12. The molecule has 0 spiro atoms. The number of aromatic nitrogens is 3. The number of aromatic amines is 1. The van der Waals surface area contributed by atoms with Gasteiger partial charge in [0, 0.05) is 22.2 Å². The number of pyridine rings is 1. The van der Waals surface area contributed by atoms with Crippen molar-refractivity contribution < 1.29 is 9.84 Å². The van der Waals surface area contributed by atoms with Crippen LogP contribution < -0.4 is 10.5 Å². The van der Waals surface area contributed by atoms with Crippen LogP contribution in [0.15, 0.2) is 30.3 Å². The Kier molecular flexibility index (Phi) is 4.50. The summed E-state index contributed by atoms with van der Waals surface area (Å²) < 4.78 is 5.16. The van der Waals surface area contributed by atoms with Gasteiger partial charge in [0.2, 0.25) is 0 Å². The molecule has 0 radical (unpaired) electrons. The molecule has 1 aromatic carbocycles. The highest BCUT2D eigenvalue weighted by Gasteiger charge is 2.20. The monoisotopic (exact) mass is 363 g/mol. The molecule has 0 atom stereocenters. The van der Waals surface area contributed by atoms with Gasteiger partial charge in [-0.2, -0.15) is 10.4 Å². The Labute approximate surface area is 157 Å². The number of anilines is 1. The Hall–Kier alpha value is -3.53. The second-order valence-corrected chi connectivity index (χ2v) is 7.23. The van der Waals surface area contributed by atoms with Crippen molar-refractivity contribution in [1.82, 2.24) is 15.2 Å². The van der Waals surface area contributed by atoms with Gasteiger partial charge < -0.3 is 15.6 Å². The van der Waals surface area contributed by atoms with E-state index in [1.807, 2.05) is 6.07 Å². The fourth-order valence-electron chi connectivity index (χ4n) is 2.71. The van der Waals surface area contributed by atoms with Crippen molar-refractivity contribution in [3.05, 3.63) is 41.6 Å². The van der Waals surface area contributed by atoms with E-state index in [9.17, 15) is 10.4 Å². The normalized spacial score (nSPS) is 11.2. The lowest BCUT2D eigenvalue weighted by molar-refractivity contribution is 0.373. The number of benzene rings is 1. The molecule has 0 saturated carbocycles. The summed E-state index contributed by atoms with van der Waals surface area (Å²) in [6.45, 7) is 6.22. The second kappa shape index (κ2) is 6.65. The summed E-state index contributed by atoms with van der Waals surface area (Å²) in [5.41, 5.74) is 9.64. The highest BCUT2D eigenvalue weighted by molar-refractivity contribution is 5.79. The fourth-order valence-corrected chi connectivity index (χ4v) is 2.71. The molecule has 4 N–H and O–H groups in total. The summed E-state index contributed by atoms with van der Waals surface area (Å²) >= 11 is 0. The number of hydrogen-bond acceptors (Lipinski definition) is 6. The van der Waals surface area contributed by atoms with Gasteiger partial charge in [0.25, 0.3) is 0 Å². The molecule has 0 fully saturated rings. The maximum absolute atomic E-state index is 9.80.